The summed E-state index contributed by atoms with van der Waals surface area (Å²) in [6.45, 7) is 7.95. The number of nitrogens with one attached hydrogen (secondary N) is 1. The van der Waals surface area contributed by atoms with Crippen molar-refractivity contribution in [2.45, 2.75) is 45.8 Å². The van der Waals surface area contributed by atoms with Gasteiger partial charge in [-0.25, -0.2) is 4.39 Å². The van der Waals surface area contributed by atoms with E-state index in [1.807, 2.05) is 40.8 Å². The normalized spacial score (nSPS) is 13.5. The van der Waals surface area contributed by atoms with E-state index in [0.29, 0.717) is 5.75 Å². The standard InChI is InChI=1S/C14H22FNO/c1-6-14(3,4)17-13-11(10(2)16-5)8-7-9-12(13)15/h7-10,16H,6H2,1-5H3. The Morgan fingerprint density at radius 2 is 2.06 bits per heavy atom. The van der Waals surface area contributed by atoms with Crippen molar-refractivity contribution in [1.29, 1.82) is 0 Å². The van der Waals surface area contributed by atoms with Crippen LogP contribution in [0.2, 0.25) is 0 Å². The van der Waals surface area contributed by atoms with E-state index in [9.17, 15) is 4.39 Å². The Balaban J connectivity index is 3.12. The van der Waals surface area contributed by atoms with Crippen molar-refractivity contribution in [2.24, 2.45) is 0 Å². The van der Waals surface area contributed by atoms with Gasteiger partial charge in [-0.05, 0) is 40.3 Å². The van der Waals surface area contributed by atoms with Gasteiger partial charge in [-0.3, -0.25) is 0 Å². The summed E-state index contributed by atoms with van der Waals surface area (Å²) in [5.41, 5.74) is 0.499. The number of hydrogen-bond donors (Lipinski definition) is 1. The van der Waals surface area contributed by atoms with Crippen molar-refractivity contribution in [3.63, 3.8) is 0 Å². The van der Waals surface area contributed by atoms with Crippen LogP contribution in [0.25, 0.3) is 0 Å². The molecule has 1 atom stereocenters. The average molecular weight is 239 g/mol. The maximum Gasteiger partial charge on any atom is 0.165 e. The topological polar surface area (TPSA) is 21.3 Å². The predicted molar refractivity (Wildman–Crippen MR) is 68.9 cm³/mol. The fourth-order valence-electron chi connectivity index (χ4n) is 1.48. The van der Waals surface area contributed by atoms with E-state index in [0.717, 1.165) is 12.0 Å². The van der Waals surface area contributed by atoms with Gasteiger partial charge in [0.1, 0.15) is 5.60 Å². The first-order valence-electron chi connectivity index (χ1n) is 6.06. The summed E-state index contributed by atoms with van der Waals surface area (Å²) in [6.07, 6.45) is 0.828. The van der Waals surface area contributed by atoms with Crippen molar-refractivity contribution in [3.8, 4) is 5.75 Å². The van der Waals surface area contributed by atoms with E-state index in [-0.39, 0.29) is 17.5 Å². The Labute approximate surface area is 103 Å². The molecule has 1 rings (SSSR count). The Kier molecular flexibility index (Phi) is 4.52. The van der Waals surface area contributed by atoms with Crippen LogP contribution < -0.4 is 10.1 Å². The van der Waals surface area contributed by atoms with E-state index < -0.39 is 0 Å². The van der Waals surface area contributed by atoms with E-state index in [4.69, 9.17) is 4.74 Å². The van der Waals surface area contributed by atoms with Gasteiger partial charge in [-0.1, -0.05) is 19.1 Å². The summed E-state index contributed by atoms with van der Waals surface area (Å²) >= 11 is 0. The number of benzene rings is 1. The fourth-order valence-corrected chi connectivity index (χ4v) is 1.48. The lowest BCUT2D eigenvalue weighted by Gasteiger charge is -2.28. The largest absolute Gasteiger partial charge is 0.484 e. The van der Waals surface area contributed by atoms with Gasteiger partial charge in [-0.15, -0.1) is 0 Å². The van der Waals surface area contributed by atoms with Crippen LogP contribution in [0.3, 0.4) is 0 Å². The van der Waals surface area contributed by atoms with E-state index in [1.54, 1.807) is 6.07 Å². The molecule has 0 saturated carbocycles. The quantitative estimate of drug-likeness (QED) is 0.846. The summed E-state index contributed by atoms with van der Waals surface area (Å²) in [5, 5.41) is 3.11. The summed E-state index contributed by atoms with van der Waals surface area (Å²) in [4.78, 5) is 0. The van der Waals surface area contributed by atoms with E-state index in [2.05, 4.69) is 5.32 Å². The average Bonchev–Trinajstić information content (AvgIpc) is 2.30. The molecule has 0 aliphatic carbocycles. The van der Waals surface area contributed by atoms with Crippen molar-refractivity contribution in [3.05, 3.63) is 29.6 Å². The highest BCUT2D eigenvalue weighted by molar-refractivity contribution is 5.37. The number of rotatable bonds is 5. The fraction of sp³-hybridized carbons (Fsp3) is 0.571. The van der Waals surface area contributed by atoms with Gasteiger partial charge in [0.15, 0.2) is 11.6 Å². The molecule has 0 fully saturated rings. The monoisotopic (exact) mass is 239 g/mol. The molecule has 0 spiro atoms. The Morgan fingerprint density at radius 3 is 2.59 bits per heavy atom. The van der Waals surface area contributed by atoms with Crippen LogP contribution in [0.5, 0.6) is 5.75 Å². The van der Waals surface area contributed by atoms with Crippen molar-refractivity contribution >= 4 is 0 Å². The van der Waals surface area contributed by atoms with Crippen LogP contribution in [0, 0.1) is 5.82 Å². The van der Waals surface area contributed by atoms with Crippen LogP contribution in [-0.2, 0) is 0 Å². The molecule has 0 bridgehead atoms. The molecule has 1 unspecified atom stereocenters. The van der Waals surface area contributed by atoms with Crippen LogP contribution in [0.15, 0.2) is 18.2 Å². The highest BCUT2D eigenvalue weighted by Crippen LogP contribution is 2.31. The molecule has 96 valence electrons. The van der Waals surface area contributed by atoms with Crippen molar-refractivity contribution in [2.75, 3.05) is 7.05 Å². The van der Waals surface area contributed by atoms with Gasteiger partial charge < -0.3 is 10.1 Å². The Bertz CT molecular complexity index is 376. The molecule has 2 nitrogen and oxygen atoms in total. The first-order valence-corrected chi connectivity index (χ1v) is 6.06. The predicted octanol–water partition coefficient (Wildman–Crippen LogP) is 3.67. The number of hydrogen-bond acceptors (Lipinski definition) is 2. The molecule has 17 heavy (non-hydrogen) atoms. The molecule has 1 N–H and O–H groups in total. The maximum absolute atomic E-state index is 13.9. The molecule has 0 aliphatic rings. The van der Waals surface area contributed by atoms with Gasteiger partial charge >= 0.3 is 0 Å². The highest BCUT2D eigenvalue weighted by Gasteiger charge is 2.22. The van der Waals surface area contributed by atoms with Gasteiger partial charge in [0, 0.05) is 11.6 Å². The summed E-state index contributed by atoms with van der Waals surface area (Å²) in [5.74, 6) is 0.0623. The molecular weight excluding hydrogens is 217 g/mol. The molecule has 0 heterocycles. The molecule has 1 aromatic rings. The molecular formula is C14H22FNO. The second kappa shape index (κ2) is 5.50. The first kappa shape index (κ1) is 14.0. The lowest BCUT2D eigenvalue weighted by atomic mass is 10.0. The summed E-state index contributed by atoms with van der Waals surface area (Å²) in [7, 11) is 1.85. The van der Waals surface area contributed by atoms with Crippen LogP contribution in [-0.4, -0.2) is 12.6 Å². The number of ether oxygens (including phenoxy) is 1. The van der Waals surface area contributed by atoms with Gasteiger partial charge in [0.25, 0.3) is 0 Å². The van der Waals surface area contributed by atoms with Crippen molar-refractivity contribution < 1.29 is 9.13 Å². The minimum Gasteiger partial charge on any atom is -0.484 e. The van der Waals surface area contributed by atoms with Crippen LogP contribution in [0.4, 0.5) is 4.39 Å². The molecule has 0 saturated heterocycles. The van der Waals surface area contributed by atoms with Gasteiger partial charge in [0.2, 0.25) is 0 Å². The third kappa shape index (κ3) is 3.43. The zero-order chi connectivity index (χ0) is 13.1. The molecule has 0 radical (unpaired) electrons. The maximum atomic E-state index is 13.9. The zero-order valence-corrected chi connectivity index (χ0v) is 11.3. The second-order valence-electron chi connectivity index (χ2n) is 4.88. The molecule has 3 heteroatoms. The van der Waals surface area contributed by atoms with Gasteiger partial charge in [0.05, 0.1) is 0 Å². The SMILES string of the molecule is CCC(C)(C)Oc1c(F)cccc1C(C)NC. The van der Waals surface area contributed by atoms with Crippen LogP contribution in [0.1, 0.15) is 45.7 Å². The number of para-hydroxylation sites is 1. The molecule has 0 amide bonds. The summed E-state index contributed by atoms with van der Waals surface area (Å²) in [6, 6.07) is 5.11. The first-order chi connectivity index (χ1) is 7.91. The van der Waals surface area contributed by atoms with Crippen molar-refractivity contribution in [1.82, 2.24) is 5.32 Å². The van der Waals surface area contributed by atoms with E-state index >= 15 is 0 Å². The third-order valence-electron chi connectivity index (χ3n) is 3.13. The highest BCUT2D eigenvalue weighted by atomic mass is 19.1. The molecule has 1 aromatic carbocycles. The smallest absolute Gasteiger partial charge is 0.165 e. The lowest BCUT2D eigenvalue weighted by Crippen LogP contribution is -2.28. The van der Waals surface area contributed by atoms with E-state index in [1.165, 1.54) is 6.07 Å². The third-order valence-corrected chi connectivity index (χ3v) is 3.13. The van der Waals surface area contributed by atoms with Gasteiger partial charge in [-0.2, -0.15) is 0 Å². The zero-order valence-electron chi connectivity index (χ0n) is 11.3. The number of halogens is 1. The van der Waals surface area contributed by atoms with Crippen LogP contribution >= 0.6 is 0 Å². The molecule has 0 aromatic heterocycles. The Hall–Kier alpha value is -1.09. The lowest BCUT2D eigenvalue weighted by molar-refractivity contribution is 0.0973. The minimum absolute atomic E-state index is 0.0633. The summed E-state index contributed by atoms with van der Waals surface area (Å²) < 4.78 is 19.7. The minimum atomic E-state index is -0.357. The Morgan fingerprint density at radius 1 is 1.41 bits per heavy atom. The second-order valence-corrected chi connectivity index (χ2v) is 4.88. The molecule has 0 aliphatic heterocycles.